The van der Waals surface area contributed by atoms with Crippen molar-refractivity contribution < 1.29 is 9.90 Å². The van der Waals surface area contributed by atoms with Gasteiger partial charge in [0.2, 0.25) is 11.8 Å². The van der Waals surface area contributed by atoms with E-state index in [0.717, 1.165) is 22.9 Å². The summed E-state index contributed by atoms with van der Waals surface area (Å²) in [6.45, 7) is 3.95. The van der Waals surface area contributed by atoms with Crippen molar-refractivity contribution in [2.45, 2.75) is 45.7 Å². The first-order valence-corrected chi connectivity index (χ1v) is 10.2. The number of aromatic nitrogens is 2. The van der Waals surface area contributed by atoms with Crippen LogP contribution in [0.2, 0.25) is 0 Å². The van der Waals surface area contributed by atoms with Crippen molar-refractivity contribution in [2.24, 2.45) is 5.10 Å². The van der Waals surface area contributed by atoms with Crippen LogP contribution in [0.5, 0.6) is 5.88 Å². The molecule has 1 atom stereocenters. The van der Waals surface area contributed by atoms with Crippen molar-refractivity contribution in [3.8, 4) is 5.88 Å². The molecule has 2 aromatic rings. The van der Waals surface area contributed by atoms with Crippen molar-refractivity contribution in [1.29, 1.82) is 0 Å². The number of nitrogens with zero attached hydrogens (tertiary/aromatic N) is 3. The number of carbonyl (C=O) groups is 1. The molecule has 2 heterocycles. The second-order valence-corrected chi connectivity index (χ2v) is 7.95. The van der Waals surface area contributed by atoms with Gasteiger partial charge >= 0.3 is 0 Å². The zero-order chi connectivity index (χ0) is 20.4. The molecule has 2 N–H and O–H groups in total. The Labute approximate surface area is 175 Å². The SMILES string of the molecule is CCCCn1c(O)c(C2=NN(C(C)=O)[C@@H](c3ccc(Br)cc3)C2)c(=O)[nH]c1=S. The maximum absolute atomic E-state index is 12.6. The van der Waals surface area contributed by atoms with Gasteiger partial charge < -0.3 is 5.11 Å². The van der Waals surface area contributed by atoms with Crippen molar-refractivity contribution in [1.82, 2.24) is 14.6 Å². The highest BCUT2D eigenvalue weighted by Gasteiger charge is 2.34. The molecule has 0 saturated heterocycles. The molecule has 1 aromatic heterocycles. The van der Waals surface area contributed by atoms with Gasteiger partial charge in [0.25, 0.3) is 5.56 Å². The second-order valence-electron chi connectivity index (χ2n) is 6.64. The Balaban J connectivity index is 2.05. The fraction of sp³-hybridized carbons (Fsp3) is 0.368. The maximum atomic E-state index is 12.6. The summed E-state index contributed by atoms with van der Waals surface area (Å²) in [6, 6.07) is 7.25. The molecular weight excluding hydrogens is 444 g/mol. The lowest BCUT2D eigenvalue weighted by Gasteiger charge is -2.20. The molecule has 3 rings (SSSR count). The molecule has 0 unspecified atom stereocenters. The molecule has 148 valence electrons. The number of H-pyrrole nitrogens is 1. The summed E-state index contributed by atoms with van der Waals surface area (Å²) in [7, 11) is 0. The van der Waals surface area contributed by atoms with Crippen molar-refractivity contribution in [3.63, 3.8) is 0 Å². The van der Waals surface area contributed by atoms with Crippen molar-refractivity contribution >= 4 is 39.8 Å². The quantitative estimate of drug-likeness (QED) is 0.656. The number of unbranched alkanes of at least 4 members (excludes halogenated alkanes) is 1. The van der Waals surface area contributed by atoms with E-state index in [9.17, 15) is 14.7 Å². The summed E-state index contributed by atoms with van der Waals surface area (Å²) >= 11 is 8.59. The van der Waals surface area contributed by atoms with E-state index in [2.05, 4.69) is 26.0 Å². The zero-order valence-corrected chi connectivity index (χ0v) is 18.0. The van der Waals surface area contributed by atoms with Crippen LogP contribution < -0.4 is 5.56 Å². The molecular formula is C19H21BrN4O3S. The number of carbonyl (C=O) groups excluding carboxylic acids is 1. The number of nitrogens with one attached hydrogen (secondary N) is 1. The second kappa shape index (κ2) is 8.40. The average molecular weight is 465 g/mol. The first-order valence-electron chi connectivity index (χ1n) is 9.02. The van der Waals surface area contributed by atoms with Crippen molar-refractivity contribution in [2.75, 3.05) is 0 Å². The van der Waals surface area contributed by atoms with E-state index < -0.39 is 5.56 Å². The molecule has 1 aliphatic rings. The Morgan fingerprint density at radius 2 is 2.07 bits per heavy atom. The number of rotatable bonds is 5. The number of hydrogen-bond donors (Lipinski definition) is 2. The molecule has 9 heteroatoms. The van der Waals surface area contributed by atoms with Crippen LogP contribution in [0.25, 0.3) is 0 Å². The van der Waals surface area contributed by atoms with Crippen LogP contribution in [-0.2, 0) is 11.3 Å². The zero-order valence-electron chi connectivity index (χ0n) is 15.6. The maximum Gasteiger partial charge on any atom is 0.264 e. The molecule has 0 aliphatic carbocycles. The van der Waals surface area contributed by atoms with Crippen LogP contribution in [0.1, 0.15) is 50.3 Å². The number of aromatic hydroxyl groups is 1. The number of amides is 1. The standard InChI is InChI=1S/C19H21BrN4O3S/c1-3-4-9-23-18(27)16(17(26)21-19(23)28)14-10-15(24(22-14)11(2)25)12-5-7-13(20)8-6-12/h5-8,15,27H,3-4,9-10H2,1-2H3,(H,21,26,28)/t15-/m1/s1. The molecule has 0 spiro atoms. The van der Waals surface area contributed by atoms with Gasteiger partial charge in [0, 0.05) is 24.4 Å². The van der Waals surface area contributed by atoms with Gasteiger partial charge in [0.05, 0.1) is 11.8 Å². The van der Waals surface area contributed by atoms with Crippen LogP contribution in [0.4, 0.5) is 0 Å². The Morgan fingerprint density at radius 3 is 2.68 bits per heavy atom. The highest BCUT2D eigenvalue weighted by molar-refractivity contribution is 9.10. The number of hydrazone groups is 1. The smallest absolute Gasteiger partial charge is 0.264 e. The Bertz CT molecular complexity index is 1040. The van der Waals surface area contributed by atoms with E-state index in [-0.39, 0.29) is 28.2 Å². The third-order valence-corrected chi connectivity index (χ3v) is 5.53. The lowest BCUT2D eigenvalue weighted by molar-refractivity contribution is -0.130. The first kappa shape index (κ1) is 20.5. The van der Waals surface area contributed by atoms with Crippen molar-refractivity contribution in [3.05, 3.63) is 55.0 Å². The van der Waals surface area contributed by atoms with Crippen LogP contribution in [0.3, 0.4) is 0 Å². The molecule has 28 heavy (non-hydrogen) atoms. The average Bonchev–Trinajstić information content (AvgIpc) is 3.07. The molecule has 0 bridgehead atoms. The van der Waals surface area contributed by atoms with Crippen LogP contribution in [0, 0.1) is 4.77 Å². The van der Waals surface area contributed by atoms with Gasteiger partial charge in [0.15, 0.2) is 4.77 Å². The number of halogens is 1. The largest absolute Gasteiger partial charge is 0.494 e. The topological polar surface area (TPSA) is 90.7 Å². The highest BCUT2D eigenvalue weighted by atomic mass is 79.9. The summed E-state index contributed by atoms with van der Waals surface area (Å²) in [5, 5.41) is 16.5. The first-order chi connectivity index (χ1) is 13.3. The number of aromatic amines is 1. The highest BCUT2D eigenvalue weighted by Crippen LogP contribution is 2.34. The molecule has 0 saturated carbocycles. The Morgan fingerprint density at radius 1 is 1.39 bits per heavy atom. The summed E-state index contributed by atoms with van der Waals surface area (Å²) in [6.07, 6.45) is 2.05. The van der Waals surface area contributed by atoms with E-state index in [1.165, 1.54) is 16.5 Å². The van der Waals surface area contributed by atoms with E-state index in [1.807, 2.05) is 31.2 Å². The molecule has 1 aromatic carbocycles. The fourth-order valence-corrected chi connectivity index (χ4v) is 3.77. The predicted molar refractivity (Wildman–Crippen MR) is 113 cm³/mol. The fourth-order valence-electron chi connectivity index (χ4n) is 3.24. The van der Waals surface area contributed by atoms with Gasteiger partial charge in [-0.25, -0.2) is 5.01 Å². The summed E-state index contributed by atoms with van der Waals surface area (Å²) in [4.78, 5) is 27.3. The predicted octanol–water partition coefficient (Wildman–Crippen LogP) is 3.87. The van der Waals surface area contributed by atoms with Crippen LogP contribution >= 0.6 is 28.1 Å². The van der Waals surface area contributed by atoms with Gasteiger partial charge in [0.1, 0.15) is 5.56 Å². The van der Waals surface area contributed by atoms with Gasteiger partial charge in [-0.05, 0) is 36.3 Å². The molecule has 0 radical (unpaired) electrons. The molecule has 1 amide bonds. The summed E-state index contributed by atoms with van der Waals surface area (Å²) < 4.78 is 2.60. The van der Waals surface area contributed by atoms with Gasteiger partial charge in [-0.15, -0.1) is 0 Å². The minimum Gasteiger partial charge on any atom is -0.494 e. The van der Waals surface area contributed by atoms with Crippen LogP contribution in [0.15, 0.2) is 38.6 Å². The van der Waals surface area contributed by atoms with Crippen LogP contribution in [-0.4, -0.2) is 31.3 Å². The van der Waals surface area contributed by atoms with E-state index in [0.29, 0.717) is 18.7 Å². The Hall–Kier alpha value is -2.26. The lowest BCUT2D eigenvalue weighted by atomic mass is 9.99. The monoisotopic (exact) mass is 464 g/mol. The minimum absolute atomic E-state index is 0.0653. The van der Waals surface area contributed by atoms with Gasteiger partial charge in [-0.1, -0.05) is 41.4 Å². The van der Waals surface area contributed by atoms with E-state index in [4.69, 9.17) is 12.2 Å². The minimum atomic E-state index is -0.506. The molecule has 1 aliphatic heterocycles. The summed E-state index contributed by atoms with van der Waals surface area (Å²) in [5.41, 5.74) is 0.818. The van der Waals surface area contributed by atoms with E-state index in [1.54, 1.807) is 0 Å². The van der Waals surface area contributed by atoms with Gasteiger partial charge in [-0.3, -0.25) is 19.1 Å². The number of hydrogen-bond acceptors (Lipinski definition) is 5. The third-order valence-electron chi connectivity index (χ3n) is 4.68. The molecule has 7 nitrogen and oxygen atoms in total. The third kappa shape index (κ3) is 3.95. The normalized spacial score (nSPS) is 16.3. The Kier molecular flexibility index (Phi) is 6.14. The van der Waals surface area contributed by atoms with E-state index >= 15 is 0 Å². The van der Waals surface area contributed by atoms with Gasteiger partial charge in [-0.2, -0.15) is 5.10 Å². The lowest BCUT2D eigenvalue weighted by Crippen LogP contribution is -2.24. The summed E-state index contributed by atoms with van der Waals surface area (Å²) in [5.74, 6) is -0.446. The molecule has 0 fully saturated rings. The number of benzene rings is 1.